The van der Waals surface area contributed by atoms with Gasteiger partial charge in [0, 0.05) is 56.7 Å². The second-order valence-corrected chi connectivity index (χ2v) is 5.74. The topological polar surface area (TPSA) is 72.1 Å². The van der Waals surface area contributed by atoms with Gasteiger partial charge in [-0.1, -0.05) is 0 Å². The first kappa shape index (κ1) is 24.6. The summed E-state index contributed by atoms with van der Waals surface area (Å²) in [5, 5.41) is 6.12. The summed E-state index contributed by atoms with van der Waals surface area (Å²) in [6, 6.07) is 5.97. The van der Waals surface area contributed by atoms with Crippen LogP contribution in [0.25, 0.3) is 0 Å². The van der Waals surface area contributed by atoms with Gasteiger partial charge in [0.25, 0.3) is 0 Å². The van der Waals surface area contributed by atoms with Gasteiger partial charge in [0.1, 0.15) is 11.5 Å². The van der Waals surface area contributed by atoms with E-state index in [0.29, 0.717) is 19.7 Å². The Morgan fingerprint density at radius 2 is 1.81 bits per heavy atom. The number of amides is 1. The molecule has 2 N–H and O–H groups in total. The van der Waals surface area contributed by atoms with Crippen LogP contribution in [0, 0.1) is 0 Å². The zero-order chi connectivity index (χ0) is 17.4. The molecule has 1 atom stereocenters. The molecule has 0 radical (unpaired) electrons. The van der Waals surface area contributed by atoms with Gasteiger partial charge < -0.3 is 29.7 Å². The van der Waals surface area contributed by atoms with Crippen LogP contribution in [0.5, 0.6) is 11.5 Å². The third-order valence-electron chi connectivity index (χ3n) is 4.02. The summed E-state index contributed by atoms with van der Waals surface area (Å²) in [7, 11) is 4.92. The van der Waals surface area contributed by atoms with E-state index in [1.165, 1.54) is 0 Å². The van der Waals surface area contributed by atoms with Crippen LogP contribution in [0.2, 0.25) is 0 Å². The Kier molecular flexibility index (Phi) is 12.2. The molecule has 7 nitrogen and oxygen atoms in total. The van der Waals surface area contributed by atoms with Crippen molar-refractivity contribution in [3.8, 4) is 11.5 Å². The maximum atomic E-state index is 11.9. The highest BCUT2D eigenvalue weighted by molar-refractivity contribution is 5.85. The van der Waals surface area contributed by atoms with Gasteiger partial charge in [0.15, 0.2) is 0 Å². The first-order chi connectivity index (χ1) is 11.7. The number of hydrogen-bond donors (Lipinski definition) is 2. The summed E-state index contributed by atoms with van der Waals surface area (Å²) in [6.07, 6.45) is 0.920. The van der Waals surface area contributed by atoms with Crippen LogP contribution < -0.4 is 25.0 Å². The van der Waals surface area contributed by atoms with E-state index in [1.807, 2.05) is 18.2 Å². The third kappa shape index (κ3) is 7.45. The zero-order valence-electron chi connectivity index (χ0n) is 15.4. The Morgan fingerprint density at radius 3 is 2.38 bits per heavy atom. The summed E-state index contributed by atoms with van der Waals surface area (Å²) in [5.41, 5.74) is 1.04. The molecule has 1 aromatic rings. The minimum absolute atomic E-state index is 0. The van der Waals surface area contributed by atoms with Crippen molar-refractivity contribution >= 4 is 36.4 Å². The van der Waals surface area contributed by atoms with Crippen molar-refractivity contribution in [1.29, 1.82) is 0 Å². The molecule has 1 amide bonds. The van der Waals surface area contributed by atoms with Gasteiger partial charge in [-0.15, -0.1) is 24.8 Å². The number of hydrogen-bond acceptors (Lipinski definition) is 6. The number of halogens is 2. The monoisotopic (exact) mass is 409 g/mol. The van der Waals surface area contributed by atoms with E-state index in [-0.39, 0.29) is 36.8 Å². The first-order valence-corrected chi connectivity index (χ1v) is 8.13. The van der Waals surface area contributed by atoms with Crippen molar-refractivity contribution in [2.45, 2.75) is 12.5 Å². The van der Waals surface area contributed by atoms with Crippen LogP contribution >= 0.6 is 24.8 Å². The van der Waals surface area contributed by atoms with Gasteiger partial charge >= 0.3 is 0 Å². The molecular formula is C17H29Cl2N3O4. The lowest BCUT2D eigenvalue weighted by Crippen LogP contribution is -2.42. The largest absolute Gasteiger partial charge is 0.497 e. The van der Waals surface area contributed by atoms with Crippen LogP contribution in [0.15, 0.2) is 18.2 Å². The lowest BCUT2D eigenvalue weighted by molar-refractivity contribution is -0.120. The maximum absolute atomic E-state index is 11.9. The maximum Gasteiger partial charge on any atom is 0.234 e. The quantitative estimate of drug-likeness (QED) is 0.601. The molecule has 1 unspecified atom stereocenters. The molecule has 1 saturated heterocycles. The highest BCUT2D eigenvalue weighted by Gasteiger charge is 2.24. The molecule has 1 fully saturated rings. The fourth-order valence-electron chi connectivity index (χ4n) is 2.74. The van der Waals surface area contributed by atoms with Crippen LogP contribution in [0.1, 0.15) is 6.42 Å². The third-order valence-corrected chi connectivity index (χ3v) is 4.02. The van der Waals surface area contributed by atoms with Gasteiger partial charge in [-0.3, -0.25) is 4.79 Å². The molecular weight excluding hydrogens is 381 g/mol. The van der Waals surface area contributed by atoms with Gasteiger partial charge in [0.2, 0.25) is 5.91 Å². The summed E-state index contributed by atoms with van der Waals surface area (Å²) < 4.78 is 15.6. The van der Waals surface area contributed by atoms with Crippen molar-refractivity contribution in [2.75, 3.05) is 59.0 Å². The molecule has 150 valence electrons. The summed E-state index contributed by atoms with van der Waals surface area (Å²) in [4.78, 5) is 14.2. The molecule has 0 spiro atoms. The lowest BCUT2D eigenvalue weighted by Gasteiger charge is -2.20. The van der Waals surface area contributed by atoms with Crippen molar-refractivity contribution in [3.63, 3.8) is 0 Å². The van der Waals surface area contributed by atoms with Crippen molar-refractivity contribution in [3.05, 3.63) is 18.2 Å². The smallest absolute Gasteiger partial charge is 0.234 e. The summed E-state index contributed by atoms with van der Waals surface area (Å²) in [6.45, 7) is 3.25. The number of methoxy groups -OCH3 is 3. The predicted octanol–water partition coefficient (Wildman–Crippen LogP) is 1.48. The molecule has 0 aliphatic carbocycles. The zero-order valence-corrected chi connectivity index (χ0v) is 17.1. The van der Waals surface area contributed by atoms with Crippen molar-refractivity contribution < 1.29 is 19.0 Å². The van der Waals surface area contributed by atoms with E-state index in [0.717, 1.165) is 36.7 Å². The molecule has 1 aliphatic rings. The van der Waals surface area contributed by atoms with Crippen LogP contribution in [-0.2, 0) is 9.53 Å². The Balaban J connectivity index is 0.00000312. The number of benzene rings is 1. The average molecular weight is 410 g/mol. The molecule has 1 aliphatic heterocycles. The fourth-order valence-corrected chi connectivity index (χ4v) is 2.74. The van der Waals surface area contributed by atoms with E-state index in [2.05, 4.69) is 15.5 Å². The number of anilines is 1. The van der Waals surface area contributed by atoms with Gasteiger partial charge in [-0.05, 0) is 6.42 Å². The first-order valence-electron chi connectivity index (χ1n) is 8.13. The number of ether oxygens (including phenoxy) is 3. The minimum atomic E-state index is 0. The number of nitrogens with zero attached hydrogens (tertiary/aromatic N) is 1. The van der Waals surface area contributed by atoms with Crippen molar-refractivity contribution in [1.82, 2.24) is 10.6 Å². The second-order valence-electron chi connectivity index (χ2n) is 5.74. The van der Waals surface area contributed by atoms with Gasteiger partial charge in [-0.25, -0.2) is 0 Å². The average Bonchev–Trinajstić information content (AvgIpc) is 3.06. The van der Waals surface area contributed by atoms with Crippen molar-refractivity contribution in [2.24, 2.45) is 0 Å². The highest BCUT2D eigenvalue weighted by Crippen LogP contribution is 2.30. The number of rotatable bonds is 9. The van der Waals surface area contributed by atoms with E-state index < -0.39 is 0 Å². The molecule has 0 aromatic heterocycles. The second kappa shape index (κ2) is 12.9. The SMILES string of the molecule is COCCNCC(=O)NC1CCN(c2cc(OC)cc(OC)c2)C1.Cl.Cl. The summed E-state index contributed by atoms with van der Waals surface area (Å²) in [5.74, 6) is 1.54. The van der Waals surface area contributed by atoms with E-state index in [4.69, 9.17) is 14.2 Å². The minimum Gasteiger partial charge on any atom is -0.497 e. The molecule has 2 rings (SSSR count). The Bertz CT molecular complexity index is 526. The van der Waals surface area contributed by atoms with E-state index in [9.17, 15) is 4.79 Å². The fraction of sp³-hybridized carbons (Fsp3) is 0.588. The van der Waals surface area contributed by atoms with E-state index >= 15 is 0 Å². The molecule has 0 bridgehead atoms. The normalized spacial score (nSPS) is 15.7. The Labute approximate surface area is 167 Å². The van der Waals surface area contributed by atoms with Crippen LogP contribution in [0.3, 0.4) is 0 Å². The lowest BCUT2D eigenvalue weighted by atomic mass is 10.2. The highest BCUT2D eigenvalue weighted by atomic mass is 35.5. The number of carbonyl (C=O) groups excluding carboxylic acids is 1. The predicted molar refractivity (Wildman–Crippen MR) is 108 cm³/mol. The molecule has 0 saturated carbocycles. The standard InChI is InChI=1S/C17H27N3O4.2ClH/c1-22-7-5-18-11-17(21)19-13-4-6-20(12-13)14-8-15(23-2)10-16(9-14)24-3;;/h8-10,13,18H,4-7,11-12H2,1-3H3,(H,19,21);2*1H. The van der Waals surface area contributed by atoms with Gasteiger partial charge in [0.05, 0.1) is 27.4 Å². The molecule has 1 aromatic carbocycles. The Morgan fingerprint density at radius 1 is 1.15 bits per heavy atom. The Hall–Kier alpha value is -1.41. The summed E-state index contributed by atoms with van der Waals surface area (Å²) >= 11 is 0. The van der Waals surface area contributed by atoms with Crippen LogP contribution in [-0.4, -0.2) is 66.1 Å². The molecule has 1 heterocycles. The molecule has 26 heavy (non-hydrogen) atoms. The number of carbonyl (C=O) groups is 1. The molecule has 9 heteroatoms. The number of nitrogens with one attached hydrogen (secondary N) is 2. The van der Waals surface area contributed by atoms with Gasteiger partial charge in [-0.2, -0.15) is 0 Å². The van der Waals surface area contributed by atoms with Crippen LogP contribution in [0.4, 0.5) is 5.69 Å². The van der Waals surface area contributed by atoms with E-state index in [1.54, 1.807) is 21.3 Å².